The van der Waals surface area contributed by atoms with Crippen LogP contribution in [0.1, 0.15) is 19.8 Å². The van der Waals surface area contributed by atoms with Gasteiger partial charge in [0, 0.05) is 19.5 Å². The van der Waals surface area contributed by atoms with E-state index in [9.17, 15) is 9.59 Å². The van der Waals surface area contributed by atoms with Crippen molar-refractivity contribution in [2.45, 2.75) is 19.8 Å². The first-order chi connectivity index (χ1) is 7.70. The van der Waals surface area contributed by atoms with Gasteiger partial charge in [-0.05, 0) is 12.7 Å². The summed E-state index contributed by atoms with van der Waals surface area (Å²) in [5.41, 5.74) is 0. The second-order valence-corrected chi connectivity index (χ2v) is 3.98. The number of carbonyl (C=O) groups is 2. The zero-order valence-corrected chi connectivity index (χ0v) is 10.7. The van der Waals surface area contributed by atoms with Crippen LogP contribution in [0.2, 0.25) is 0 Å². The maximum Gasteiger partial charge on any atom is 0.246 e. The van der Waals surface area contributed by atoms with Gasteiger partial charge in [-0.25, -0.2) is 0 Å². The highest BCUT2D eigenvalue weighted by Gasteiger charge is 2.00. The molecule has 0 unspecified atom stereocenters. The van der Waals surface area contributed by atoms with Gasteiger partial charge in [0.15, 0.2) is 0 Å². The molecular formula is C10H20N2O3S. The minimum absolute atomic E-state index is 0.0367. The van der Waals surface area contributed by atoms with Crippen LogP contribution in [0.4, 0.5) is 0 Å². The molecule has 0 aromatic heterocycles. The number of hydrogen-bond acceptors (Lipinski definition) is 4. The predicted molar refractivity (Wildman–Crippen MR) is 65.3 cm³/mol. The highest BCUT2D eigenvalue weighted by Crippen LogP contribution is 1.90. The Bertz CT molecular complexity index is 212. The van der Waals surface area contributed by atoms with Crippen molar-refractivity contribution in [3.63, 3.8) is 0 Å². The molecule has 5 nitrogen and oxygen atoms in total. The zero-order chi connectivity index (χ0) is 12.2. The molecule has 0 fully saturated rings. The summed E-state index contributed by atoms with van der Waals surface area (Å²) < 4.78 is 5.04. The maximum absolute atomic E-state index is 11.1. The van der Waals surface area contributed by atoms with E-state index in [2.05, 4.69) is 10.6 Å². The van der Waals surface area contributed by atoms with Crippen molar-refractivity contribution >= 4 is 23.6 Å². The lowest BCUT2D eigenvalue weighted by Crippen LogP contribution is -2.31. The number of amides is 2. The Hall–Kier alpha value is -0.750. The molecule has 2 amide bonds. The fraction of sp³-hybridized carbons (Fsp3) is 0.800. The van der Waals surface area contributed by atoms with Crippen LogP contribution in [-0.2, 0) is 14.3 Å². The van der Waals surface area contributed by atoms with Crippen molar-refractivity contribution in [2.75, 3.05) is 31.9 Å². The van der Waals surface area contributed by atoms with Crippen molar-refractivity contribution in [1.82, 2.24) is 10.6 Å². The normalized spacial score (nSPS) is 9.88. The first-order valence-electron chi connectivity index (χ1n) is 5.30. The monoisotopic (exact) mass is 248 g/mol. The molecule has 0 aliphatic carbocycles. The Labute approximate surface area is 101 Å². The molecule has 0 heterocycles. The second kappa shape index (κ2) is 10.8. The van der Waals surface area contributed by atoms with E-state index in [1.54, 1.807) is 6.92 Å². The molecule has 0 saturated heterocycles. The number of nitrogens with one attached hydrogen (secondary N) is 2. The molecule has 16 heavy (non-hydrogen) atoms. The van der Waals surface area contributed by atoms with Gasteiger partial charge in [0.2, 0.25) is 11.8 Å². The fourth-order valence-electron chi connectivity index (χ4n) is 0.938. The fourth-order valence-corrected chi connectivity index (χ4v) is 1.19. The van der Waals surface area contributed by atoms with Crippen LogP contribution in [0, 0.1) is 0 Å². The number of thioether (sulfide) groups is 1. The van der Waals surface area contributed by atoms with Gasteiger partial charge < -0.3 is 15.4 Å². The SMILES string of the molecule is CCC(=O)NCCCNC(=O)COCSC. The van der Waals surface area contributed by atoms with E-state index in [0.717, 1.165) is 6.42 Å². The molecular weight excluding hydrogens is 228 g/mol. The number of rotatable bonds is 9. The molecule has 0 aliphatic rings. The van der Waals surface area contributed by atoms with Gasteiger partial charge in [-0.2, -0.15) is 0 Å². The topological polar surface area (TPSA) is 67.4 Å². The molecule has 0 spiro atoms. The van der Waals surface area contributed by atoms with E-state index in [4.69, 9.17) is 4.74 Å². The Kier molecular flexibility index (Phi) is 10.3. The van der Waals surface area contributed by atoms with Gasteiger partial charge in [0.1, 0.15) is 6.61 Å². The molecule has 0 rings (SSSR count). The van der Waals surface area contributed by atoms with Crippen LogP contribution in [-0.4, -0.2) is 43.7 Å². The average Bonchev–Trinajstić information content (AvgIpc) is 2.28. The highest BCUT2D eigenvalue weighted by molar-refractivity contribution is 7.98. The van der Waals surface area contributed by atoms with Gasteiger partial charge in [-0.15, -0.1) is 11.8 Å². The predicted octanol–water partition coefficient (Wildman–Crippen LogP) is 0.356. The van der Waals surface area contributed by atoms with E-state index in [1.165, 1.54) is 11.8 Å². The maximum atomic E-state index is 11.1. The van der Waals surface area contributed by atoms with Crippen LogP contribution in [0.25, 0.3) is 0 Å². The Balaban J connectivity index is 3.24. The number of carbonyl (C=O) groups excluding carboxylic acids is 2. The van der Waals surface area contributed by atoms with E-state index in [-0.39, 0.29) is 18.4 Å². The third kappa shape index (κ3) is 9.79. The van der Waals surface area contributed by atoms with Crippen LogP contribution in [0.15, 0.2) is 0 Å². The second-order valence-electron chi connectivity index (χ2n) is 3.16. The lowest BCUT2D eigenvalue weighted by Gasteiger charge is -2.06. The largest absolute Gasteiger partial charge is 0.361 e. The molecule has 0 bridgehead atoms. The number of ether oxygens (including phenoxy) is 1. The summed E-state index contributed by atoms with van der Waals surface area (Å²) >= 11 is 1.53. The molecule has 0 saturated carbocycles. The lowest BCUT2D eigenvalue weighted by atomic mass is 10.4. The van der Waals surface area contributed by atoms with Gasteiger partial charge in [0.25, 0.3) is 0 Å². The first-order valence-corrected chi connectivity index (χ1v) is 6.70. The summed E-state index contributed by atoms with van der Waals surface area (Å²) in [6.07, 6.45) is 3.14. The van der Waals surface area contributed by atoms with Gasteiger partial charge in [-0.3, -0.25) is 9.59 Å². The third-order valence-corrected chi connectivity index (χ3v) is 2.16. The van der Waals surface area contributed by atoms with Crippen LogP contribution < -0.4 is 10.6 Å². The van der Waals surface area contributed by atoms with E-state index in [1.807, 2.05) is 6.26 Å². The van der Waals surface area contributed by atoms with E-state index >= 15 is 0 Å². The molecule has 2 N–H and O–H groups in total. The summed E-state index contributed by atoms with van der Waals surface area (Å²) in [7, 11) is 0. The quantitative estimate of drug-likeness (QED) is 0.456. The minimum Gasteiger partial charge on any atom is -0.361 e. The van der Waals surface area contributed by atoms with Crippen LogP contribution in [0.5, 0.6) is 0 Å². The van der Waals surface area contributed by atoms with Crippen molar-refractivity contribution < 1.29 is 14.3 Å². The third-order valence-electron chi connectivity index (χ3n) is 1.75. The molecule has 0 aliphatic heterocycles. The summed E-state index contributed by atoms with van der Waals surface area (Å²) in [6.45, 7) is 3.06. The summed E-state index contributed by atoms with van der Waals surface area (Å²) in [5.74, 6) is 0.450. The van der Waals surface area contributed by atoms with Gasteiger partial charge in [-0.1, -0.05) is 6.92 Å². The molecule has 0 atom stereocenters. The van der Waals surface area contributed by atoms with Crippen molar-refractivity contribution in [3.8, 4) is 0 Å². The van der Waals surface area contributed by atoms with Crippen LogP contribution >= 0.6 is 11.8 Å². The summed E-state index contributed by atoms with van der Waals surface area (Å²) in [4.78, 5) is 22.0. The summed E-state index contributed by atoms with van der Waals surface area (Å²) in [5, 5.41) is 5.44. The highest BCUT2D eigenvalue weighted by atomic mass is 32.2. The van der Waals surface area contributed by atoms with Crippen molar-refractivity contribution in [2.24, 2.45) is 0 Å². The van der Waals surface area contributed by atoms with Crippen molar-refractivity contribution in [1.29, 1.82) is 0 Å². The number of hydrogen-bond donors (Lipinski definition) is 2. The van der Waals surface area contributed by atoms with Gasteiger partial charge >= 0.3 is 0 Å². The van der Waals surface area contributed by atoms with Crippen LogP contribution in [0.3, 0.4) is 0 Å². The Morgan fingerprint density at radius 3 is 2.38 bits per heavy atom. The van der Waals surface area contributed by atoms with E-state index < -0.39 is 0 Å². The molecule has 0 aromatic carbocycles. The zero-order valence-electron chi connectivity index (χ0n) is 9.88. The molecule has 6 heteroatoms. The average molecular weight is 248 g/mol. The van der Waals surface area contributed by atoms with Gasteiger partial charge in [0.05, 0.1) is 5.94 Å². The first kappa shape index (κ1) is 15.2. The van der Waals surface area contributed by atoms with E-state index in [0.29, 0.717) is 25.4 Å². The Morgan fingerprint density at radius 2 is 1.81 bits per heavy atom. The summed E-state index contributed by atoms with van der Waals surface area (Å²) in [6, 6.07) is 0. The molecule has 0 aromatic rings. The minimum atomic E-state index is -0.115. The standard InChI is InChI=1S/C10H20N2O3S/c1-3-9(13)11-5-4-6-12-10(14)7-15-8-16-2/h3-8H2,1-2H3,(H,11,13)(H,12,14). The van der Waals surface area contributed by atoms with Crippen molar-refractivity contribution in [3.05, 3.63) is 0 Å². The lowest BCUT2D eigenvalue weighted by molar-refractivity contribution is -0.124. The molecule has 0 radical (unpaired) electrons. The Morgan fingerprint density at radius 1 is 1.19 bits per heavy atom. The molecule has 94 valence electrons. The smallest absolute Gasteiger partial charge is 0.246 e.